The van der Waals surface area contributed by atoms with Gasteiger partial charge in [0.2, 0.25) is 11.8 Å². The van der Waals surface area contributed by atoms with Crippen LogP contribution in [0.25, 0.3) is 0 Å². The molecule has 0 radical (unpaired) electrons. The van der Waals surface area contributed by atoms with E-state index in [-0.39, 0.29) is 29.8 Å². The monoisotopic (exact) mass is 267 g/mol. The Morgan fingerprint density at radius 1 is 1.47 bits per heavy atom. The fourth-order valence-corrected chi connectivity index (χ4v) is 3.40. The third-order valence-electron chi connectivity index (χ3n) is 4.53. The summed E-state index contributed by atoms with van der Waals surface area (Å²) in [5, 5.41) is 2.84. The van der Waals surface area contributed by atoms with Crippen molar-refractivity contribution < 1.29 is 9.59 Å². The van der Waals surface area contributed by atoms with Crippen molar-refractivity contribution in [3.63, 3.8) is 0 Å². The molecule has 0 aromatic rings. The molecule has 5 nitrogen and oxygen atoms in total. The van der Waals surface area contributed by atoms with Crippen LogP contribution in [0.2, 0.25) is 0 Å². The van der Waals surface area contributed by atoms with Crippen molar-refractivity contribution in [3.8, 4) is 0 Å². The average molecular weight is 267 g/mol. The first-order valence-electron chi connectivity index (χ1n) is 7.38. The van der Waals surface area contributed by atoms with E-state index in [0.29, 0.717) is 25.4 Å². The molecule has 1 aliphatic heterocycles. The number of hydrogen-bond donors (Lipinski definition) is 2. The van der Waals surface area contributed by atoms with Crippen molar-refractivity contribution in [2.45, 2.75) is 51.6 Å². The van der Waals surface area contributed by atoms with E-state index in [1.807, 2.05) is 6.92 Å². The van der Waals surface area contributed by atoms with Crippen LogP contribution in [0.4, 0.5) is 0 Å². The molecule has 2 fully saturated rings. The number of piperazine rings is 1. The number of nitrogens with one attached hydrogen (secondary N) is 1. The second kappa shape index (κ2) is 5.90. The molecule has 5 heteroatoms. The van der Waals surface area contributed by atoms with Crippen LogP contribution in [0.15, 0.2) is 0 Å². The van der Waals surface area contributed by atoms with Crippen LogP contribution in [0.1, 0.15) is 39.5 Å². The standard InChI is InChI=1S/C14H25N3O2/c1-3-12-13(18)16-6-7-17(12)14(19)11-5-4-10(15)8-9(11)2/h9-12H,3-8,15H2,1-2H3,(H,16,18). The van der Waals surface area contributed by atoms with Gasteiger partial charge >= 0.3 is 0 Å². The SMILES string of the molecule is CCC1C(=O)NCCN1C(=O)C1CCC(N)CC1C. The first-order chi connectivity index (χ1) is 9.04. The normalized spacial score (nSPS) is 35.9. The van der Waals surface area contributed by atoms with Gasteiger partial charge in [0.15, 0.2) is 0 Å². The van der Waals surface area contributed by atoms with Gasteiger partial charge in [0.05, 0.1) is 0 Å². The Kier molecular flexibility index (Phi) is 4.45. The lowest BCUT2D eigenvalue weighted by Gasteiger charge is -2.40. The summed E-state index contributed by atoms with van der Waals surface area (Å²) in [7, 11) is 0. The quantitative estimate of drug-likeness (QED) is 0.764. The predicted molar refractivity (Wildman–Crippen MR) is 73.3 cm³/mol. The summed E-state index contributed by atoms with van der Waals surface area (Å²) in [4.78, 5) is 26.3. The van der Waals surface area contributed by atoms with Crippen molar-refractivity contribution in [1.82, 2.24) is 10.2 Å². The summed E-state index contributed by atoms with van der Waals surface area (Å²) >= 11 is 0. The van der Waals surface area contributed by atoms with E-state index in [1.165, 1.54) is 0 Å². The average Bonchev–Trinajstić information content (AvgIpc) is 2.37. The summed E-state index contributed by atoms with van der Waals surface area (Å²) in [5.41, 5.74) is 5.95. The minimum atomic E-state index is -0.288. The highest BCUT2D eigenvalue weighted by Gasteiger charge is 2.38. The molecule has 1 heterocycles. The number of carbonyl (C=O) groups is 2. The summed E-state index contributed by atoms with van der Waals surface area (Å²) in [5.74, 6) is 0.502. The zero-order valence-corrected chi connectivity index (χ0v) is 11.9. The molecule has 19 heavy (non-hydrogen) atoms. The maximum atomic E-state index is 12.7. The number of nitrogens with zero attached hydrogens (tertiary/aromatic N) is 1. The minimum absolute atomic E-state index is 0.0118. The molecular weight excluding hydrogens is 242 g/mol. The van der Waals surface area contributed by atoms with Crippen molar-refractivity contribution in [1.29, 1.82) is 0 Å². The maximum Gasteiger partial charge on any atom is 0.242 e. The van der Waals surface area contributed by atoms with Crippen molar-refractivity contribution in [3.05, 3.63) is 0 Å². The van der Waals surface area contributed by atoms with Gasteiger partial charge in [-0.25, -0.2) is 0 Å². The van der Waals surface area contributed by atoms with Gasteiger partial charge in [-0.05, 0) is 31.6 Å². The molecule has 2 rings (SSSR count). The fourth-order valence-electron chi connectivity index (χ4n) is 3.40. The van der Waals surface area contributed by atoms with Gasteiger partial charge in [0.1, 0.15) is 6.04 Å². The highest BCUT2D eigenvalue weighted by atomic mass is 16.2. The van der Waals surface area contributed by atoms with E-state index in [9.17, 15) is 9.59 Å². The molecule has 2 aliphatic rings. The predicted octanol–water partition coefficient (Wildman–Crippen LogP) is 0.487. The van der Waals surface area contributed by atoms with E-state index in [4.69, 9.17) is 5.73 Å². The molecule has 4 unspecified atom stereocenters. The first kappa shape index (κ1) is 14.3. The first-order valence-corrected chi connectivity index (χ1v) is 7.38. The van der Waals surface area contributed by atoms with Gasteiger partial charge in [-0.2, -0.15) is 0 Å². The molecule has 2 amide bonds. The molecule has 4 atom stereocenters. The smallest absolute Gasteiger partial charge is 0.242 e. The highest BCUT2D eigenvalue weighted by Crippen LogP contribution is 2.31. The topological polar surface area (TPSA) is 75.4 Å². The summed E-state index contributed by atoms with van der Waals surface area (Å²) < 4.78 is 0. The third kappa shape index (κ3) is 2.91. The van der Waals surface area contributed by atoms with Crippen molar-refractivity contribution >= 4 is 11.8 Å². The Morgan fingerprint density at radius 3 is 2.84 bits per heavy atom. The van der Waals surface area contributed by atoms with E-state index in [1.54, 1.807) is 4.90 Å². The van der Waals surface area contributed by atoms with Crippen LogP contribution in [0.3, 0.4) is 0 Å². The van der Waals surface area contributed by atoms with Gasteiger partial charge < -0.3 is 16.0 Å². The second-order valence-electron chi connectivity index (χ2n) is 5.90. The molecular formula is C14H25N3O2. The molecule has 0 aromatic carbocycles. The van der Waals surface area contributed by atoms with Crippen LogP contribution in [0, 0.1) is 11.8 Å². The van der Waals surface area contributed by atoms with Crippen LogP contribution in [0.5, 0.6) is 0 Å². The lowest BCUT2D eigenvalue weighted by Crippen LogP contribution is -2.59. The molecule has 0 bridgehead atoms. The van der Waals surface area contributed by atoms with E-state index in [2.05, 4.69) is 12.2 Å². The zero-order valence-electron chi connectivity index (χ0n) is 11.9. The molecule has 1 saturated heterocycles. The highest BCUT2D eigenvalue weighted by molar-refractivity contribution is 5.89. The maximum absolute atomic E-state index is 12.7. The molecule has 0 aromatic heterocycles. The van der Waals surface area contributed by atoms with Crippen molar-refractivity contribution in [2.24, 2.45) is 17.6 Å². The van der Waals surface area contributed by atoms with Gasteiger partial charge in [-0.15, -0.1) is 0 Å². The van der Waals surface area contributed by atoms with Crippen LogP contribution >= 0.6 is 0 Å². The summed E-state index contributed by atoms with van der Waals surface area (Å²) in [6, 6.07) is -0.0604. The Labute approximate surface area is 114 Å². The molecule has 108 valence electrons. The molecule has 1 aliphatic carbocycles. The Morgan fingerprint density at radius 2 is 2.21 bits per heavy atom. The van der Waals surface area contributed by atoms with Gasteiger partial charge in [-0.3, -0.25) is 9.59 Å². The zero-order chi connectivity index (χ0) is 14.0. The lowest BCUT2D eigenvalue weighted by atomic mass is 9.77. The second-order valence-corrected chi connectivity index (χ2v) is 5.90. The van der Waals surface area contributed by atoms with E-state index in [0.717, 1.165) is 19.3 Å². The summed E-state index contributed by atoms with van der Waals surface area (Å²) in [6.45, 7) is 5.27. The Bertz CT molecular complexity index is 359. The van der Waals surface area contributed by atoms with Crippen LogP contribution in [-0.4, -0.2) is 41.9 Å². The molecule has 3 N–H and O–H groups in total. The fraction of sp³-hybridized carbons (Fsp3) is 0.857. The third-order valence-corrected chi connectivity index (χ3v) is 4.53. The van der Waals surface area contributed by atoms with Crippen molar-refractivity contribution in [2.75, 3.05) is 13.1 Å². The van der Waals surface area contributed by atoms with Gasteiger partial charge in [-0.1, -0.05) is 13.8 Å². The minimum Gasteiger partial charge on any atom is -0.353 e. The number of hydrogen-bond acceptors (Lipinski definition) is 3. The van der Waals surface area contributed by atoms with Gasteiger partial charge in [0.25, 0.3) is 0 Å². The van der Waals surface area contributed by atoms with E-state index >= 15 is 0 Å². The van der Waals surface area contributed by atoms with Crippen LogP contribution < -0.4 is 11.1 Å². The summed E-state index contributed by atoms with van der Waals surface area (Å²) in [6.07, 6.45) is 3.36. The number of rotatable bonds is 2. The molecule has 0 spiro atoms. The van der Waals surface area contributed by atoms with Gasteiger partial charge in [0, 0.05) is 25.0 Å². The number of carbonyl (C=O) groups excluding carboxylic acids is 2. The van der Waals surface area contributed by atoms with E-state index < -0.39 is 0 Å². The Hall–Kier alpha value is -1.10. The van der Waals surface area contributed by atoms with Crippen LogP contribution in [-0.2, 0) is 9.59 Å². The largest absolute Gasteiger partial charge is 0.353 e. The lowest BCUT2D eigenvalue weighted by molar-refractivity contribution is -0.148. The number of nitrogens with two attached hydrogens (primary N) is 1. The molecule has 1 saturated carbocycles. The number of amides is 2. The Balaban J connectivity index is 2.07.